The van der Waals surface area contributed by atoms with E-state index in [0.29, 0.717) is 0 Å². The van der Waals surface area contributed by atoms with E-state index in [-0.39, 0.29) is 0 Å². The van der Waals surface area contributed by atoms with E-state index >= 15 is 0 Å². The average Bonchev–Trinajstić information content (AvgIpc) is 2.15. The van der Waals surface area contributed by atoms with Crippen LogP contribution >= 0.6 is 0 Å². The fourth-order valence-corrected chi connectivity index (χ4v) is 2.38. The number of hydrogen-bond acceptors (Lipinski definition) is 0. The van der Waals surface area contributed by atoms with Gasteiger partial charge in [-0.25, -0.2) is 0 Å². The first-order chi connectivity index (χ1) is 6.25. The lowest BCUT2D eigenvalue weighted by Crippen LogP contribution is -2.12. The zero-order valence-corrected chi connectivity index (χ0v) is 8.68. The van der Waals surface area contributed by atoms with Crippen LogP contribution in [-0.2, 0) is 0 Å². The molecular weight excluding hydrogens is 156 g/mol. The lowest BCUT2D eigenvalue weighted by atomic mass is 9.78. The summed E-state index contributed by atoms with van der Waals surface area (Å²) in [6.07, 6.45) is 10.7. The third kappa shape index (κ3) is 2.04. The van der Waals surface area contributed by atoms with E-state index in [1.807, 2.05) is 0 Å². The predicted molar refractivity (Wildman–Crippen MR) is 57.6 cm³/mol. The largest absolute Gasteiger partial charge is 0.0956 e. The zero-order chi connectivity index (χ0) is 9.26. The molecule has 2 fully saturated rings. The van der Waals surface area contributed by atoms with Crippen molar-refractivity contribution in [3.05, 3.63) is 23.8 Å². The summed E-state index contributed by atoms with van der Waals surface area (Å²) in [6.45, 7) is 6.43. The van der Waals surface area contributed by atoms with E-state index < -0.39 is 0 Å². The van der Waals surface area contributed by atoms with Crippen molar-refractivity contribution in [2.75, 3.05) is 0 Å². The Morgan fingerprint density at radius 1 is 1.15 bits per heavy atom. The van der Waals surface area contributed by atoms with Crippen LogP contribution in [0.15, 0.2) is 23.8 Å². The summed E-state index contributed by atoms with van der Waals surface area (Å²) in [7, 11) is 0. The maximum absolute atomic E-state index is 4.05. The lowest BCUT2D eigenvalue weighted by molar-refractivity contribution is 0.329. The molecule has 0 amide bonds. The SMILES string of the molecule is C=C1CC/C1=C/C1CCC(C)CC1. The van der Waals surface area contributed by atoms with Crippen LogP contribution in [0.1, 0.15) is 45.4 Å². The van der Waals surface area contributed by atoms with Gasteiger partial charge in [-0.2, -0.15) is 0 Å². The second kappa shape index (κ2) is 3.69. The van der Waals surface area contributed by atoms with Gasteiger partial charge >= 0.3 is 0 Å². The van der Waals surface area contributed by atoms with Crippen LogP contribution in [0.3, 0.4) is 0 Å². The Balaban J connectivity index is 1.88. The quantitative estimate of drug-likeness (QED) is 0.564. The number of hydrogen-bond donors (Lipinski definition) is 0. The van der Waals surface area contributed by atoms with Gasteiger partial charge in [-0.15, -0.1) is 0 Å². The maximum Gasteiger partial charge on any atom is -0.0227 e. The van der Waals surface area contributed by atoms with Crippen LogP contribution < -0.4 is 0 Å². The third-order valence-electron chi connectivity index (χ3n) is 3.65. The molecule has 0 atom stereocenters. The van der Waals surface area contributed by atoms with Crippen molar-refractivity contribution < 1.29 is 0 Å². The van der Waals surface area contributed by atoms with Crippen LogP contribution in [0.25, 0.3) is 0 Å². The van der Waals surface area contributed by atoms with Gasteiger partial charge in [0, 0.05) is 0 Å². The Morgan fingerprint density at radius 3 is 2.31 bits per heavy atom. The van der Waals surface area contributed by atoms with E-state index in [0.717, 1.165) is 11.8 Å². The van der Waals surface area contributed by atoms with Gasteiger partial charge in [0.2, 0.25) is 0 Å². The lowest BCUT2D eigenvalue weighted by Gasteiger charge is -2.27. The van der Waals surface area contributed by atoms with Gasteiger partial charge in [-0.3, -0.25) is 0 Å². The minimum atomic E-state index is 0.878. The number of allylic oxidation sites excluding steroid dienone is 3. The van der Waals surface area contributed by atoms with Crippen molar-refractivity contribution in [1.82, 2.24) is 0 Å². The smallest absolute Gasteiger partial charge is 0.0227 e. The molecule has 0 nitrogen and oxygen atoms in total. The first-order valence-corrected chi connectivity index (χ1v) is 5.64. The fraction of sp³-hybridized carbons (Fsp3) is 0.692. The van der Waals surface area contributed by atoms with Crippen molar-refractivity contribution in [1.29, 1.82) is 0 Å². The Kier molecular flexibility index (Phi) is 2.57. The molecule has 13 heavy (non-hydrogen) atoms. The van der Waals surface area contributed by atoms with E-state index in [9.17, 15) is 0 Å². The van der Waals surface area contributed by atoms with E-state index in [1.165, 1.54) is 44.1 Å². The highest BCUT2D eigenvalue weighted by Crippen LogP contribution is 2.36. The van der Waals surface area contributed by atoms with Gasteiger partial charge in [0.1, 0.15) is 0 Å². The van der Waals surface area contributed by atoms with Crippen LogP contribution in [0.2, 0.25) is 0 Å². The molecule has 2 aliphatic carbocycles. The highest BCUT2D eigenvalue weighted by molar-refractivity contribution is 5.37. The molecule has 0 unspecified atom stereocenters. The van der Waals surface area contributed by atoms with Crippen molar-refractivity contribution in [2.45, 2.75) is 45.4 Å². The van der Waals surface area contributed by atoms with Gasteiger partial charge < -0.3 is 0 Å². The third-order valence-corrected chi connectivity index (χ3v) is 3.65. The minimum Gasteiger partial charge on any atom is -0.0956 e. The molecule has 0 heterocycles. The molecule has 0 aromatic carbocycles. The molecule has 0 aromatic heterocycles. The minimum absolute atomic E-state index is 0.878. The van der Waals surface area contributed by atoms with Crippen molar-refractivity contribution >= 4 is 0 Å². The van der Waals surface area contributed by atoms with Gasteiger partial charge in [0.05, 0.1) is 0 Å². The first kappa shape index (κ1) is 9.05. The van der Waals surface area contributed by atoms with Gasteiger partial charge in [-0.05, 0) is 43.1 Å². The molecule has 0 bridgehead atoms. The second-order valence-electron chi connectivity index (χ2n) is 4.82. The van der Waals surface area contributed by atoms with Crippen LogP contribution in [0.4, 0.5) is 0 Å². The van der Waals surface area contributed by atoms with Crippen molar-refractivity contribution in [2.24, 2.45) is 11.8 Å². The predicted octanol–water partition coefficient (Wildman–Crippen LogP) is 4.09. The Hall–Kier alpha value is -0.520. The summed E-state index contributed by atoms with van der Waals surface area (Å²) in [5, 5.41) is 0. The summed E-state index contributed by atoms with van der Waals surface area (Å²) >= 11 is 0. The molecule has 0 aliphatic heterocycles. The van der Waals surface area contributed by atoms with Crippen LogP contribution in [0, 0.1) is 11.8 Å². The molecule has 0 aromatic rings. The van der Waals surface area contributed by atoms with Crippen molar-refractivity contribution in [3.8, 4) is 0 Å². The topological polar surface area (TPSA) is 0 Å². The van der Waals surface area contributed by atoms with Gasteiger partial charge in [-0.1, -0.05) is 38.0 Å². The fourth-order valence-electron chi connectivity index (χ4n) is 2.38. The summed E-state index contributed by atoms with van der Waals surface area (Å²) in [5.41, 5.74) is 2.97. The molecular formula is C13H20. The average molecular weight is 176 g/mol. The molecule has 2 rings (SSSR count). The van der Waals surface area contributed by atoms with Crippen molar-refractivity contribution in [3.63, 3.8) is 0 Å². The summed E-state index contributed by atoms with van der Waals surface area (Å²) in [5.74, 6) is 1.85. The zero-order valence-electron chi connectivity index (χ0n) is 8.68. The molecule has 0 radical (unpaired) electrons. The van der Waals surface area contributed by atoms with Crippen LogP contribution in [0.5, 0.6) is 0 Å². The number of rotatable bonds is 1. The molecule has 2 saturated carbocycles. The molecule has 0 N–H and O–H groups in total. The van der Waals surface area contributed by atoms with Gasteiger partial charge in [0.25, 0.3) is 0 Å². The van der Waals surface area contributed by atoms with E-state index in [1.54, 1.807) is 5.57 Å². The Morgan fingerprint density at radius 2 is 1.85 bits per heavy atom. The van der Waals surface area contributed by atoms with Gasteiger partial charge in [0.15, 0.2) is 0 Å². The molecule has 0 heteroatoms. The molecule has 0 saturated heterocycles. The summed E-state index contributed by atoms with van der Waals surface area (Å²) < 4.78 is 0. The Labute approximate surface area is 81.7 Å². The second-order valence-corrected chi connectivity index (χ2v) is 4.82. The summed E-state index contributed by atoms with van der Waals surface area (Å²) in [6, 6.07) is 0. The standard InChI is InChI=1S/C13H20/c1-10-3-6-12(7-4-10)9-13-8-5-11(13)2/h9-10,12H,2-8H2,1H3/b13-9-. The maximum atomic E-state index is 4.05. The molecule has 2 aliphatic rings. The Bertz CT molecular complexity index is 226. The highest BCUT2D eigenvalue weighted by Gasteiger charge is 2.20. The normalized spacial score (nSPS) is 37.6. The van der Waals surface area contributed by atoms with E-state index in [2.05, 4.69) is 19.6 Å². The van der Waals surface area contributed by atoms with E-state index in [4.69, 9.17) is 0 Å². The first-order valence-electron chi connectivity index (χ1n) is 5.64. The molecule has 72 valence electrons. The monoisotopic (exact) mass is 176 g/mol. The van der Waals surface area contributed by atoms with Crippen LogP contribution in [-0.4, -0.2) is 0 Å². The highest BCUT2D eigenvalue weighted by atomic mass is 14.3. The molecule has 0 spiro atoms. The summed E-state index contributed by atoms with van der Waals surface area (Å²) in [4.78, 5) is 0.